The van der Waals surface area contributed by atoms with Crippen LogP contribution in [0.4, 0.5) is 4.79 Å². The maximum atomic E-state index is 12.4. The van der Waals surface area contributed by atoms with Crippen LogP contribution in [0.5, 0.6) is 0 Å². The molecule has 1 aliphatic rings. The number of nitrogens with zero attached hydrogens (tertiary/aromatic N) is 1. The smallest absolute Gasteiger partial charge is 0.410 e. The van der Waals surface area contributed by atoms with Crippen molar-refractivity contribution >= 4 is 33.6 Å². The monoisotopic (exact) mass is 398 g/mol. The van der Waals surface area contributed by atoms with Crippen LogP contribution < -0.4 is 5.32 Å². The van der Waals surface area contributed by atoms with Gasteiger partial charge in [0, 0.05) is 19.9 Å². The van der Waals surface area contributed by atoms with E-state index in [2.05, 4.69) is 12.2 Å². The van der Waals surface area contributed by atoms with Gasteiger partial charge in [-0.2, -0.15) is 0 Å². The van der Waals surface area contributed by atoms with Crippen molar-refractivity contribution in [3.63, 3.8) is 0 Å². The van der Waals surface area contributed by atoms with Crippen LogP contribution in [-0.4, -0.2) is 47.9 Å². The van der Waals surface area contributed by atoms with E-state index in [1.165, 1.54) is 30.7 Å². The van der Waals surface area contributed by atoms with Crippen molar-refractivity contribution in [3.8, 4) is 0 Å². The molecule has 1 aromatic carbocycles. The first kappa shape index (κ1) is 20.9. The third-order valence-corrected chi connectivity index (χ3v) is 7.03. The van der Waals surface area contributed by atoms with E-state index in [0.717, 1.165) is 17.7 Å². The van der Waals surface area contributed by atoms with Gasteiger partial charge in [0.05, 0.1) is 0 Å². The summed E-state index contributed by atoms with van der Waals surface area (Å²) in [5.74, 6) is 0.721. The number of hydrogen-bond acceptors (Lipinski definition) is 6. The summed E-state index contributed by atoms with van der Waals surface area (Å²) in [6.45, 7) is 2.30. The molecule has 2 atom stereocenters. The van der Waals surface area contributed by atoms with Crippen molar-refractivity contribution in [2.45, 2.75) is 43.9 Å². The van der Waals surface area contributed by atoms with Gasteiger partial charge in [-0.05, 0) is 12.0 Å². The molecular weight excluding hydrogens is 372 g/mol. The highest BCUT2D eigenvalue weighted by molar-refractivity contribution is 8.77. The van der Waals surface area contributed by atoms with E-state index in [1.54, 1.807) is 22.7 Å². The highest BCUT2D eigenvalue weighted by Gasteiger charge is 2.62. The number of rotatable bonds is 10. The summed E-state index contributed by atoms with van der Waals surface area (Å²) >= 11 is 0. The van der Waals surface area contributed by atoms with Crippen molar-refractivity contribution < 1.29 is 19.1 Å². The zero-order valence-corrected chi connectivity index (χ0v) is 17.0. The lowest BCUT2D eigenvalue weighted by atomic mass is 10.0. The van der Waals surface area contributed by atoms with Crippen molar-refractivity contribution in [1.82, 2.24) is 10.2 Å². The zero-order chi connectivity index (χ0) is 19.0. The molecule has 2 rings (SSSR count). The molecule has 0 radical (unpaired) electrons. The average Bonchev–Trinajstić information content (AvgIpc) is 2.68. The second kappa shape index (κ2) is 10.1. The first-order valence-corrected chi connectivity index (χ1v) is 11.0. The third-order valence-electron chi connectivity index (χ3n) is 4.15. The second-order valence-corrected chi connectivity index (χ2v) is 8.59. The van der Waals surface area contributed by atoms with E-state index in [-0.39, 0.29) is 17.9 Å². The number of hydrogen-bond donors (Lipinski definition) is 1. The SMILES string of the molecule is CCCCCSS[C@H]1N(C)C(=O)[C@]1(NC(=O)OCc1ccccc1)OC. The molecule has 2 amide bonds. The number of benzene rings is 1. The Kier molecular flexibility index (Phi) is 8.12. The summed E-state index contributed by atoms with van der Waals surface area (Å²) in [4.78, 5) is 26.2. The van der Waals surface area contributed by atoms with Gasteiger partial charge in [0.2, 0.25) is 0 Å². The molecule has 1 aromatic rings. The largest absolute Gasteiger partial charge is 0.445 e. The van der Waals surface area contributed by atoms with E-state index in [0.29, 0.717) is 0 Å². The van der Waals surface area contributed by atoms with E-state index in [1.807, 2.05) is 30.3 Å². The predicted octanol–water partition coefficient (Wildman–Crippen LogP) is 3.63. The number of amides is 2. The maximum absolute atomic E-state index is 12.4. The van der Waals surface area contributed by atoms with Gasteiger partial charge in [0.1, 0.15) is 12.0 Å². The molecule has 1 saturated heterocycles. The lowest BCUT2D eigenvalue weighted by Crippen LogP contribution is -2.78. The van der Waals surface area contributed by atoms with Crippen molar-refractivity contribution in [2.24, 2.45) is 0 Å². The van der Waals surface area contributed by atoms with Crippen LogP contribution in [0.15, 0.2) is 30.3 Å². The summed E-state index contributed by atoms with van der Waals surface area (Å²) in [7, 11) is 6.37. The normalized spacial score (nSPS) is 22.0. The number of ether oxygens (including phenoxy) is 2. The molecule has 0 spiro atoms. The summed E-state index contributed by atoms with van der Waals surface area (Å²) in [5, 5.41) is 2.33. The van der Waals surface area contributed by atoms with E-state index < -0.39 is 11.8 Å². The first-order chi connectivity index (χ1) is 12.5. The van der Waals surface area contributed by atoms with Gasteiger partial charge < -0.3 is 14.4 Å². The highest BCUT2D eigenvalue weighted by Crippen LogP contribution is 2.43. The Morgan fingerprint density at radius 2 is 2.04 bits per heavy atom. The van der Waals surface area contributed by atoms with Gasteiger partial charge in [-0.15, -0.1) is 0 Å². The Morgan fingerprint density at radius 3 is 2.69 bits per heavy atom. The number of likely N-dealkylation sites (tertiary alicyclic amines) is 1. The molecule has 8 heteroatoms. The zero-order valence-electron chi connectivity index (χ0n) is 15.4. The van der Waals surface area contributed by atoms with Crippen molar-refractivity contribution in [1.29, 1.82) is 0 Å². The van der Waals surface area contributed by atoms with Crippen LogP contribution in [0.2, 0.25) is 0 Å². The Hall–Kier alpha value is -1.38. The Bertz CT molecular complexity index is 602. The van der Waals surface area contributed by atoms with E-state index >= 15 is 0 Å². The van der Waals surface area contributed by atoms with Crippen molar-refractivity contribution in [2.75, 3.05) is 19.9 Å². The van der Waals surface area contributed by atoms with Crippen molar-refractivity contribution in [3.05, 3.63) is 35.9 Å². The molecule has 26 heavy (non-hydrogen) atoms. The van der Waals surface area contributed by atoms with E-state index in [9.17, 15) is 9.59 Å². The van der Waals surface area contributed by atoms with Gasteiger partial charge in [0.15, 0.2) is 0 Å². The molecule has 0 aromatic heterocycles. The number of unbranched alkanes of at least 4 members (excludes halogenated alkanes) is 2. The molecule has 0 saturated carbocycles. The molecule has 1 aliphatic heterocycles. The summed E-state index contributed by atoms with van der Waals surface area (Å²) in [6, 6.07) is 9.38. The maximum Gasteiger partial charge on any atom is 0.410 e. The number of methoxy groups -OCH3 is 1. The summed E-state index contributed by atoms with van der Waals surface area (Å²) < 4.78 is 10.7. The lowest BCUT2D eigenvalue weighted by molar-refractivity contribution is -0.188. The number of β-lactam (4-membered cyclic amide) rings is 1. The molecule has 0 bridgehead atoms. The average molecular weight is 399 g/mol. The minimum atomic E-state index is -1.37. The van der Waals surface area contributed by atoms with Crippen LogP contribution in [0.25, 0.3) is 0 Å². The molecule has 6 nitrogen and oxygen atoms in total. The number of alkyl carbamates (subject to hydrolysis) is 1. The predicted molar refractivity (Wildman–Crippen MR) is 106 cm³/mol. The Morgan fingerprint density at radius 1 is 1.31 bits per heavy atom. The number of likely N-dealkylation sites (N-methyl/N-ethyl adjacent to an activating group) is 1. The van der Waals surface area contributed by atoms with Crippen LogP contribution in [0.1, 0.15) is 31.7 Å². The highest BCUT2D eigenvalue weighted by atomic mass is 33.1. The molecule has 144 valence electrons. The van der Waals surface area contributed by atoms with Gasteiger partial charge in [-0.3, -0.25) is 10.1 Å². The Labute approximate surface area is 162 Å². The standard InChI is InChI=1S/C18H26N2O4S2/c1-4-5-9-12-25-26-16-18(23-3,15(21)20(16)2)19-17(22)24-13-14-10-7-6-8-11-14/h6-8,10-11,16H,4-5,9,12-13H2,1-3H3,(H,19,22)/t16-,18+/m1/s1. The second-order valence-electron chi connectivity index (χ2n) is 6.02. The van der Waals surface area contributed by atoms with Crippen LogP contribution in [-0.2, 0) is 20.9 Å². The lowest BCUT2D eigenvalue weighted by Gasteiger charge is -2.51. The summed E-state index contributed by atoms with van der Waals surface area (Å²) in [6.07, 6.45) is 2.82. The van der Waals surface area contributed by atoms with Gasteiger partial charge in [-0.1, -0.05) is 71.7 Å². The van der Waals surface area contributed by atoms with Gasteiger partial charge >= 0.3 is 6.09 Å². The molecule has 1 fully saturated rings. The number of nitrogens with one attached hydrogen (secondary N) is 1. The molecule has 1 heterocycles. The first-order valence-electron chi connectivity index (χ1n) is 8.64. The fraction of sp³-hybridized carbons (Fsp3) is 0.556. The Balaban J connectivity index is 1.89. The third kappa shape index (κ3) is 4.86. The topological polar surface area (TPSA) is 67.9 Å². The fourth-order valence-electron chi connectivity index (χ4n) is 2.60. The number of carbonyl (C=O) groups excluding carboxylic acids is 2. The van der Waals surface area contributed by atoms with E-state index in [4.69, 9.17) is 9.47 Å². The quantitative estimate of drug-likeness (QED) is 0.281. The number of carbonyl (C=O) groups is 2. The van der Waals surface area contributed by atoms with Crippen LogP contribution in [0, 0.1) is 0 Å². The minimum Gasteiger partial charge on any atom is -0.445 e. The minimum absolute atomic E-state index is 0.139. The summed E-state index contributed by atoms with van der Waals surface area (Å²) in [5.41, 5.74) is -0.492. The molecule has 0 unspecified atom stereocenters. The van der Waals surface area contributed by atoms with Gasteiger partial charge in [-0.25, -0.2) is 4.79 Å². The molecule has 1 N–H and O–H groups in total. The van der Waals surface area contributed by atoms with Crippen LogP contribution >= 0.6 is 21.6 Å². The van der Waals surface area contributed by atoms with Gasteiger partial charge in [0.25, 0.3) is 11.6 Å². The fourth-order valence-corrected chi connectivity index (χ4v) is 5.59. The molecular formula is C18H26N2O4S2. The van der Waals surface area contributed by atoms with Crippen LogP contribution in [0.3, 0.4) is 0 Å². The molecule has 0 aliphatic carbocycles.